The van der Waals surface area contributed by atoms with Gasteiger partial charge in [0.15, 0.2) is 4.73 Å². The summed E-state index contributed by atoms with van der Waals surface area (Å²) in [5.74, 6) is 1.86. The Bertz CT molecular complexity index is 363. The molecule has 2 heterocycles. The number of thioether (sulfide) groups is 1. The summed E-state index contributed by atoms with van der Waals surface area (Å²) in [5.41, 5.74) is 1.79. The van der Waals surface area contributed by atoms with Crippen LogP contribution in [0.1, 0.15) is 11.3 Å². The molecule has 0 fully saturated rings. The van der Waals surface area contributed by atoms with Crippen LogP contribution in [0.3, 0.4) is 0 Å². The van der Waals surface area contributed by atoms with E-state index in [0.29, 0.717) is 4.73 Å². The molecule has 12 heavy (non-hydrogen) atoms. The predicted octanol–water partition coefficient (Wildman–Crippen LogP) is 1.32. The van der Waals surface area contributed by atoms with Crippen molar-refractivity contribution in [3.05, 3.63) is 26.3 Å². The second-order valence-electron chi connectivity index (χ2n) is 2.58. The normalized spacial score (nSPS) is 15.8. The highest BCUT2D eigenvalue weighted by Gasteiger charge is 2.14. The molecule has 5 heteroatoms. The lowest BCUT2D eigenvalue weighted by atomic mass is 10.2. The standard InChI is InChI=1S/C7H7BrN2OS/c8-7-9-5-1-2-12-3-4(5)6(11)10-7/h1-3H2,(H,9,10,11). The molecule has 3 nitrogen and oxygen atoms in total. The second kappa shape index (κ2) is 3.22. The molecule has 0 saturated carbocycles. The summed E-state index contributed by atoms with van der Waals surface area (Å²) in [7, 11) is 0. The smallest absolute Gasteiger partial charge is 0.255 e. The Morgan fingerprint density at radius 1 is 1.58 bits per heavy atom. The van der Waals surface area contributed by atoms with Gasteiger partial charge in [0.05, 0.1) is 5.69 Å². The first-order chi connectivity index (χ1) is 5.77. The maximum Gasteiger partial charge on any atom is 0.255 e. The fraction of sp³-hybridized carbons (Fsp3) is 0.429. The first-order valence-corrected chi connectivity index (χ1v) is 5.57. The molecule has 0 radical (unpaired) electrons. The van der Waals surface area contributed by atoms with Gasteiger partial charge in [-0.3, -0.25) is 4.79 Å². The van der Waals surface area contributed by atoms with Gasteiger partial charge in [0.1, 0.15) is 0 Å². The minimum atomic E-state index is -0.000856. The van der Waals surface area contributed by atoms with Crippen LogP contribution in [0.2, 0.25) is 0 Å². The van der Waals surface area contributed by atoms with Gasteiger partial charge in [-0.25, -0.2) is 4.98 Å². The quantitative estimate of drug-likeness (QED) is 0.703. The van der Waals surface area contributed by atoms with Crippen molar-refractivity contribution >= 4 is 27.7 Å². The van der Waals surface area contributed by atoms with Crippen molar-refractivity contribution in [3.63, 3.8) is 0 Å². The average Bonchev–Trinajstić information content (AvgIpc) is 2.04. The van der Waals surface area contributed by atoms with Gasteiger partial charge in [-0.15, -0.1) is 0 Å². The SMILES string of the molecule is O=c1[nH]c(Br)nc2c1CSCC2. The van der Waals surface area contributed by atoms with E-state index >= 15 is 0 Å². The van der Waals surface area contributed by atoms with Gasteiger partial charge in [0.25, 0.3) is 5.56 Å². The second-order valence-corrected chi connectivity index (χ2v) is 4.44. The molecule has 0 unspecified atom stereocenters. The molecule has 0 aliphatic carbocycles. The minimum absolute atomic E-state index is 0.000856. The summed E-state index contributed by atoms with van der Waals surface area (Å²) in [6, 6.07) is 0. The van der Waals surface area contributed by atoms with Gasteiger partial charge in [-0.2, -0.15) is 11.8 Å². The Kier molecular flexibility index (Phi) is 2.23. The van der Waals surface area contributed by atoms with E-state index in [0.717, 1.165) is 29.2 Å². The minimum Gasteiger partial charge on any atom is -0.301 e. The molecule has 1 aromatic heterocycles. The zero-order chi connectivity index (χ0) is 8.55. The van der Waals surface area contributed by atoms with Crippen molar-refractivity contribution < 1.29 is 0 Å². The zero-order valence-corrected chi connectivity index (χ0v) is 8.67. The molecule has 0 amide bonds. The number of aryl methyl sites for hydroxylation is 1. The summed E-state index contributed by atoms with van der Waals surface area (Å²) in [6.45, 7) is 0. The fourth-order valence-corrected chi connectivity index (χ4v) is 2.59. The molecular formula is C7H7BrN2OS. The Labute approximate surface area is 82.1 Å². The first kappa shape index (κ1) is 8.31. The maximum atomic E-state index is 11.3. The fourth-order valence-electron chi connectivity index (χ4n) is 1.21. The molecular weight excluding hydrogens is 240 g/mol. The number of aromatic nitrogens is 2. The first-order valence-electron chi connectivity index (χ1n) is 3.62. The van der Waals surface area contributed by atoms with Gasteiger partial charge < -0.3 is 4.98 Å². The molecule has 0 atom stereocenters. The Balaban J connectivity index is 2.60. The topological polar surface area (TPSA) is 45.8 Å². The Morgan fingerprint density at radius 3 is 3.25 bits per heavy atom. The number of halogens is 1. The van der Waals surface area contributed by atoms with E-state index in [4.69, 9.17) is 0 Å². The van der Waals surface area contributed by atoms with Gasteiger partial charge in [-0.05, 0) is 28.1 Å². The molecule has 0 aromatic carbocycles. The third kappa shape index (κ3) is 1.43. The molecule has 0 bridgehead atoms. The lowest BCUT2D eigenvalue weighted by Gasteiger charge is -2.12. The van der Waals surface area contributed by atoms with E-state index in [1.165, 1.54) is 0 Å². The Hall–Kier alpha value is -0.290. The number of hydrogen-bond donors (Lipinski definition) is 1. The maximum absolute atomic E-state index is 11.3. The number of hydrogen-bond acceptors (Lipinski definition) is 3. The molecule has 1 N–H and O–H groups in total. The summed E-state index contributed by atoms with van der Waals surface area (Å²) >= 11 is 4.95. The van der Waals surface area contributed by atoms with Crippen LogP contribution < -0.4 is 5.56 Å². The summed E-state index contributed by atoms with van der Waals surface area (Å²) < 4.78 is 0.540. The molecule has 0 spiro atoms. The largest absolute Gasteiger partial charge is 0.301 e. The van der Waals surface area contributed by atoms with Crippen molar-refractivity contribution in [2.24, 2.45) is 0 Å². The van der Waals surface area contributed by atoms with Crippen molar-refractivity contribution in [1.82, 2.24) is 9.97 Å². The van der Waals surface area contributed by atoms with E-state index in [9.17, 15) is 4.79 Å². The number of nitrogens with one attached hydrogen (secondary N) is 1. The summed E-state index contributed by atoms with van der Waals surface area (Å²) in [5, 5.41) is 0. The lowest BCUT2D eigenvalue weighted by Crippen LogP contribution is -2.20. The van der Waals surface area contributed by atoms with E-state index in [1.54, 1.807) is 11.8 Å². The number of H-pyrrole nitrogens is 1. The average molecular weight is 247 g/mol. The zero-order valence-electron chi connectivity index (χ0n) is 6.26. The van der Waals surface area contributed by atoms with Crippen LogP contribution >= 0.6 is 27.7 Å². The van der Waals surface area contributed by atoms with Crippen molar-refractivity contribution in [3.8, 4) is 0 Å². The van der Waals surface area contributed by atoms with Crippen LogP contribution in [0.15, 0.2) is 9.53 Å². The molecule has 0 saturated heterocycles. The van der Waals surface area contributed by atoms with Crippen LogP contribution in [0.5, 0.6) is 0 Å². The molecule has 1 aromatic rings. The monoisotopic (exact) mass is 246 g/mol. The van der Waals surface area contributed by atoms with E-state index < -0.39 is 0 Å². The molecule has 1 aliphatic heterocycles. The van der Waals surface area contributed by atoms with Gasteiger partial charge >= 0.3 is 0 Å². The summed E-state index contributed by atoms with van der Waals surface area (Å²) in [6.07, 6.45) is 0.905. The predicted molar refractivity (Wildman–Crippen MR) is 52.4 cm³/mol. The van der Waals surface area contributed by atoms with Gasteiger partial charge in [0.2, 0.25) is 0 Å². The van der Waals surface area contributed by atoms with Crippen molar-refractivity contribution in [2.75, 3.05) is 5.75 Å². The highest BCUT2D eigenvalue weighted by Crippen LogP contribution is 2.20. The third-order valence-corrected chi connectivity index (χ3v) is 3.16. The summed E-state index contributed by atoms with van der Waals surface area (Å²) in [4.78, 5) is 18.2. The Morgan fingerprint density at radius 2 is 2.42 bits per heavy atom. The van der Waals surface area contributed by atoms with Crippen molar-refractivity contribution in [2.45, 2.75) is 12.2 Å². The van der Waals surface area contributed by atoms with Crippen LogP contribution in [-0.4, -0.2) is 15.7 Å². The molecule has 64 valence electrons. The lowest BCUT2D eigenvalue weighted by molar-refractivity contribution is 0.909. The number of nitrogens with zero attached hydrogens (tertiary/aromatic N) is 1. The van der Waals surface area contributed by atoms with Crippen molar-refractivity contribution in [1.29, 1.82) is 0 Å². The number of aromatic amines is 1. The highest BCUT2D eigenvalue weighted by molar-refractivity contribution is 9.10. The third-order valence-electron chi connectivity index (χ3n) is 1.80. The molecule has 2 rings (SSSR count). The van der Waals surface area contributed by atoms with E-state index in [-0.39, 0.29) is 5.56 Å². The van der Waals surface area contributed by atoms with E-state index in [2.05, 4.69) is 25.9 Å². The number of rotatable bonds is 0. The molecule has 1 aliphatic rings. The van der Waals surface area contributed by atoms with Crippen LogP contribution in [0.4, 0.5) is 0 Å². The number of fused-ring (bicyclic) bond motifs is 1. The van der Waals surface area contributed by atoms with Crippen LogP contribution in [0.25, 0.3) is 0 Å². The highest BCUT2D eigenvalue weighted by atomic mass is 79.9. The van der Waals surface area contributed by atoms with Crippen LogP contribution in [0, 0.1) is 0 Å². The van der Waals surface area contributed by atoms with Gasteiger partial charge in [0, 0.05) is 11.3 Å². The van der Waals surface area contributed by atoms with Crippen LogP contribution in [-0.2, 0) is 12.2 Å². The van der Waals surface area contributed by atoms with E-state index in [1.807, 2.05) is 0 Å². The van der Waals surface area contributed by atoms with Gasteiger partial charge in [-0.1, -0.05) is 0 Å².